The molecule has 0 atom stereocenters. The van der Waals surface area contributed by atoms with Crippen molar-refractivity contribution in [1.82, 2.24) is 20.6 Å². The van der Waals surface area contributed by atoms with Gasteiger partial charge >= 0.3 is 12.0 Å². The van der Waals surface area contributed by atoms with E-state index in [9.17, 15) is 9.59 Å². The SMILES string of the molecule is COC(=O)C1CCC(NC(=O)NC2CCC(c3nc4ccccc4[nH]3)CC2)CC1. The minimum absolute atomic E-state index is 0.0189. The third-order valence-corrected chi connectivity index (χ3v) is 6.45. The van der Waals surface area contributed by atoms with Crippen molar-refractivity contribution in [3.8, 4) is 0 Å². The van der Waals surface area contributed by atoms with Gasteiger partial charge in [0.2, 0.25) is 0 Å². The van der Waals surface area contributed by atoms with E-state index in [4.69, 9.17) is 9.72 Å². The van der Waals surface area contributed by atoms with E-state index < -0.39 is 0 Å². The molecule has 4 rings (SSSR count). The van der Waals surface area contributed by atoms with Crippen LogP contribution < -0.4 is 10.6 Å². The van der Waals surface area contributed by atoms with Crippen molar-refractivity contribution in [2.45, 2.75) is 69.4 Å². The molecule has 2 aliphatic rings. The van der Waals surface area contributed by atoms with Gasteiger partial charge < -0.3 is 20.4 Å². The predicted molar refractivity (Wildman–Crippen MR) is 111 cm³/mol. The number of urea groups is 1. The van der Waals surface area contributed by atoms with E-state index in [0.717, 1.165) is 68.2 Å². The maximum atomic E-state index is 12.4. The molecule has 1 heterocycles. The number of rotatable bonds is 4. The number of aromatic amines is 1. The summed E-state index contributed by atoms with van der Waals surface area (Å²) < 4.78 is 4.82. The molecule has 7 nitrogen and oxygen atoms in total. The molecule has 3 N–H and O–H groups in total. The maximum Gasteiger partial charge on any atom is 0.315 e. The molecule has 0 unspecified atom stereocenters. The average molecular weight is 399 g/mol. The summed E-state index contributed by atoms with van der Waals surface area (Å²) in [4.78, 5) is 32.2. The summed E-state index contributed by atoms with van der Waals surface area (Å²) >= 11 is 0. The monoisotopic (exact) mass is 398 g/mol. The second-order valence-electron chi connectivity index (χ2n) is 8.38. The number of nitrogens with zero attached hydrogens (tertiary/aromatic N) is 1. The summed E-state index contributed by atoms with van der Waals surface area (Å²) in [7, 11) is 1.43. The van der Waals surface area contributed by atoms with Gasteiger partial charge in [0.1, 0.15) is 5.82 Å². The van der Waals surface area contributed by atoms with Gasteiger partial charge in [-0.3, -0.25) is 4.79 Å². The third kappa shape index (κ3) is 4.71. The Morgan fingerprint density at radius 1 is 0.966 bits per heavy atom. The third-order valence-electron chi connectivity index (χ3n) is 6.45. The first kappa shape index (κ1) is 19.7. The number of fused-ring (bicyclic) bond motifs is 1. The fraction of sp³-hybridized carbons (Fsp3) is 0.591. The van der Waals surface area contributed by atoms with Gasteiger partial charge in [-0.15, -0.1) is 0 Å². The van der Waals surface area contributed by atoms with E-state index in [-0.39, 0.29) is 30.0 Å². The van der Waals surface area contributed by atoms with Gasteiger partial charge in [-0.25, -0.2) is 9.78 Å². The van der Waals surface area contributed by atoms with E-state index in [2.05, 4.69) is 21.7 Å². The second-order valence-corrected chi connectivity index (χ2v) is 8.38. The Morgan fingerprint density at radius 2 is 1.59 bits per heavy atom. The van der Waals surface area contributed by atoms with Crippen molar-refractivity contribution < 1.29 is 14.3 Å². The van der Waals surface area contributed by atoms with Gasteiger partial charge in [0.15, 0.2) is 0 Å². The number of methoxy groups -OCH3 is 1. The molecule has 0 radical (unpaired) electrons. The highest BCUT2D eigenvalue weighted by atomic mass is 16.5. The summed E-state index contributed by atoms with van der Waals surface area (Å²) in [6.07, 6.45) is 7.18. The molecular formula is C22H30N4O3. The van der Waals surface area contributed by atoms with Crippen LogP contribution in [0.1, 0.15) is 63.1 Å². The zero-order chi connectivity index (χ0) is 20.2. The molecule has 0 saturated heterocycles. The van der Waals surface area contributed by atoms with Gasteiger partial charge in [0.05, 0.1) is 24.1 Å². The number of nitrogens with one attached hydrogen (secondary N) is 3. The van der Waals surface area contributed by atoms with Gasteiger partial charge in [-0.2, -0.15) is 0 Å². The van der Waals surface area contributed by atoms with E-state index in [1.165, 1.54) is 7.11 Å². The van der Waals surface area contributed by atoms with Crippen molar-refractivity contribution in [2.24, 2.45) is 5.92 Å². The molecule has 2 aromatic rings. The Bertz CT molecular complexity index is 816. The molecule has 156 valence electrons. The van der Waals surface area contributed by atoms with Crippen LogP contribution in [-0.2, 0) is 9.53 Å². The van der Waals surface area contributed by atoms with E-state index in [0.29, 0.717) is 5.92 Å². The first-order valence-electron chi connectivity index (χ1n) is 10.7. The zero-order valence-electron chi connectivity index (χ0n) is 16.9. The summed E-state index contributed by atoms with van der Waals surface area (Å²) in [5.74, 6) is 1.34. The fourth-order valence-corrected chi connectivity index (χ4v) is 4.73. The Labute approximate surface area is 171 Å². The van der Waals surface area contributed by atoms with E-state index >= 15 is 0 Å². The number of H-pyrrole nitrogens is 1. The number of carbonyl (C=O) groups is 2. The maximum absolute atomic E-state index is 12.4. The van der Waals surface area contributed by atoms with Crippen LogP contribution in [0.25, 0.3) is 11.0 Å². The standard InChI is InChI=1S/C22H30N4O3/c1-29-21(27)15-8-12-17(13-9-15)24-22(28)23-16-10-6-14(7-11-16)20-25-18-4-2-3-5-19(18)26-20/h2-5,14-17H,6-13H2,1H3,(H,25,26)(H2,23,24,28). The number of carbonyl (C=O) groups excluding carboxylic acids is 2. The highest BCUT2D eigenvalue weighted by Crippen LogP contribution is 2.32. The lowest BCUT2D eigenvalue weighted by Gasteiger charge is -2.30. The number of amides is 2. The van der Waals surface area contributed by atoms with Crippen LogP contribution in [0.4, 0.5) is 4.79 Å². The molecule has 1 aromatic heterocycles. The molecule has 7 heteroatoms. The number of para-hydroxylation sites is 2. The lowest BCUT2D eigenvalue weighted by molar-refractivity contribution is -0.146. The van der Waals surface area contributed by atoms with Crippen molar-refractivity contribution in [1.29, 1.82) is 0 Å². The Balaban J connectivity index is 1.20. The molecule has 1 aromatic carbocycles. The van der Waals surface area contributed by atoms with Crippen LogP contribution in [0.15, 0.2) is 24.3 Å². The number of imidazole rings is 1. The number of hydrogen-bond acceptors (Lipinski definition) is 4. The topological polar surface area (TPSA) is 96.1 Å². The Morgan fingerprint density at radius 3 is 2.21 bits per heavy atom. The molecule has 2 fully saturated rings. The first-order chi connectivity index (χ1) is 14.1. The van der Waals surface area contributed by atoms with Crippen molar-refractivity contribution in [3.63, 3.8) is 0 Å². The molecule has 0 spiro atoms. The summed E-state index contributed by atoms with van der Waals surface area (Å²) in [5.41, 5.74) is 2.10. The molecule has 2 amide bonds. The second kappa shape index (κ2) is 8.84. The van der Waals surface area contributed by atoms with Crippen LogP contribution in [0, 0.1) is 5.92 Å². The number of ether oxygens (including phenoxy) is 1. The van der Waals surface area contributed by atoms with Crippen molar-refractivity contribution >= 4 is 23.0 Å². The smallest absolute Gasteiger partial charge is 0.315 e. The molecular weight excluding hydrogens is 368 g/mol. The number of benzene rings is 1. The average Bonchev–Trinajstić information content (AvgIpc) is 3.18. The molecule has 0 aliphatic heterocycles. The van der Waals surface area contributed by atoms with E-state index in [1.807, 2.05) is 18.2 Å². The summed E-state index contributed by atoms with van der Waals surface area (Å²) in [5, 5.41) is 6.22. The fourth-order valence-electron chi connectivity index (χ4n) is 4.73. The largest absolute Gasteiger partial charge is 0.469 e. The van der Waals surface area contributed by atoms with Crippen LogP contribution in [0.3, 0.4) is 0 Å². The quantitative estimate of drug-likeness (QED) is 0.686. The Hall–Kier alpha value is -2.57. The lowest BCUT2D eigenvalue weighted by Crippen LogP contribution is -2.48. The van der Waals surface area contributed by atoms with Crippen molar-refractivity contribution in [2.75, 3.05) is 7.11 Å². The van der Waals surface area contributed by atoms with Gasteiger partial charge in [-0.1, -0.05) is 12.1 Å². The lowest BCUT2D eigenvalue weighted by atomic mass is 9.85. The van der Waals surface area contributed by atoms with Crippen LogP contribution in [0.2, 0.25) is 0 Å². The number of hydrogen-bond donors (Lipinski definition) is 3. The first-order valence-corrected chi connectivity index (χ1v) is 10.7. The van der Waals surface area contributed by atoms with E-state index in [1.54, 1.807) is 0 Å². The molecule has 0 bridgehead atoms. The predicted octanol–water partition coefficient (Wildman–Crippen LogP) is 3.62. The van der Waals surface area contributed by atoms with Crippen LogP contribution >= 0.6 is 0 Å². The minimum atomic E-state index is -0.130. The highest BCUT2D eigenvalue weighted by molar-refractivity contribution is 5.75. The molecule has 2 aliphatic carbocycles. The number of aromatic nitrogens is 2. The van der Waals surface area contributed by atoms with Gasteiger partial charge in [0.25, 0.3) is 0 Å². The normalized spacial score (nSPS) is 27.3. The van der Waals surface area contributed by atoms with Crippen LogP contribution in [-0.4, -0.2) is 41.2 Å². The Kier molecular flexibility index (Phi) is 6.02. The highest BCUT2D eigenvalue weighted by Gasteiger charge is 2.29. The van der Waals surface area contributed by atoms with Gasteiger partial charge in [-0.05, 0) is 63.5 Å². The summed E-state index contributed by atoms with van der Waals surface area (Å²) in [6.45, 7) is 0. The van der Waals surface area contributed by atoms with Crippen molar-refractivity contribution in [3.05, 3.63) is 30.1 Å². The molecule has 29 heavy (non-hydrogen) atoms. The van der Waals surface area contributed by atoms with Crippen LogP contribution in [0.5, 0.6) is 0 Å². The number of esters is 1. The minimum Gasteiger partial charge on any atom is -0.469 e. The van der Waals surface area contributed by atoms with Gasteiger partial charge in [0, 0.05) is 18.0 Å². The summed E-state index contributed by atoms with van der Waals surface area (Å²) in [6, 6.07) is 8.39. The zero-order valence-corrected chi connectivity index (χ0v) is 16.9. The molecule has 2 saturated carbocycles.